The molecule has 0 fully saturated rings. The first-order valence-corrected chi connectivity index (χ1v) is 22.3. The molecular formula is C60H32N2O4. The first-order valence-electron chi connectivity index (χ1n) is 22.3. The van der Waals surface area contributed by atoms with Crippen LogP contribution in [0.5, 0.6) is 0 Å². The fourth-order valence-corrected chi connectivity index (χ4v) is 11.2. The van der Waals surface area contributed by atoms with Crippen LogP contribution in [0.15, 0.2) is 212 Å². The van der Waals surface area contributed by atoms with Gasteiger partial charge in [-0.15, -0.1) is 0 Å². The van der Waals surface area contributed by atoms with E-state index >= 15 is 0 Å². The van der Waals surface area contributed by atoms with Crippen LogP contribution in [0.25, 0.3) is 154 Å². The highest BCUT2D eigenvalue weighted by Gasteiger charge is 2.21. The number of benzene rings is 10. The summed E-state index contributed by atoms with van der Waals surface area (Å²) in [4.78, 5) is 0. The minimum atomic E-state index is 0.752. The highest BCUT2D eigenvalue weighted by atomic mass is 16.4. The Hall–Kier alpha value is -9.00. The Morgan fingerprint density at radius 1 is 0.227 bits per heavy atom. The van der Waals surface area contributed by atoms with Gasteiger partial charge in [0.2, 0.25) is 0 Å². The molecule has 6 heteroatoms. The molecule has 0 atom stereocenters. The summed E-state index contributed by atoms with van der Waals surface area (Å²) in [5.74, 6) is 0. The van der Waals surface area contributed by atoms with Crippen LogP contribution in [0.2, 0.25) is 0 Å². The predicted molar refractivity (Wildman–Crippen MR) is 270 cm³/mol. The summed E-state index contributed by atoms with van der Waals surface area (Å²) in [6, 6.07) is 68.9. The van der Waals surface area contributed by atoms with Crippen molar-refractivity contribution in [2.45, 2.75) is 0 Å². The van der Waals surface area contributed by atoms with Gasteiger partial charge in [-0.2, -0.15) is 0 Å². The van der Waals surface area contributed by atoms with Crippen molar-refractivity contribution in [2.75, 3.05) is 0 Å². The quantitative estimate of drug-likeness (QED) is 0.178. The summed E-state index contributed by atoms with van der Waals surface area (Å²) in [6.07, 6.45) is 0. The second-order valence-electron chi connectivity index (χ2n) is 17.6. The standard InChI is InChI=1S/C60H32N2O4/c1-5-13-49-37(9-1)38-10-2-6-14-50(38)61(49)35-19-27-55-47(31-35)43-23-21-41-45-29-33(17-25-53(45)63-57(41)59(43)65-55)34-18-26-54-46(30-34)42-22-24-44-48-32-36(20-28-56(48)66-60(44)58(42)64-54)62-51-15-7-3-11-39(51)40-12-4-8-16-52(40)62/h1-32H. The number of hydrogen-bond acceptors (Lipinski definition) is 4. The molecule has 16 rings (SSSR count). The smallest absolute Gasteiger partial charge is 0.178 e. The molecule has 6 nitrogen and oxygen atoms in total. The van der Waals surface area contributed by atoms with Crippen molar-refractivity contribution in [1.29, 1.82) is 0 Å². The molecule has 16 aromatic rings. The van der Waals surface area contributed by atoms with Gasteiger partial charge in [0.1, 0.15) is 22.3 Å². The first kappa shape index (κ1) is 34.5. The fraction of sp³-hybridized carbons (Fsp3) is 0. The van der Waals surface area contributed by atoms with Crippen LogP contribution in [0.3, 0.4) is 0 Å². The molecule has 66 heavy (non-hydrogen) atoms. The third-order valence-electron chi connectivity index (χ3n) is 14.1. The molecule has 6 aromatic heterocycles. The molecule has 306 valence electrons. The molecular weight excluding hydrogens is 813 g/mol. The lowest BCUT2D eigenvalue weighted by molar-refractivity contribution is 0.633. The number of furan rings is 4. The predicted octanol–water partition coefficient (Wildman–Crippen LogP) is 17.1. The lowest BCUT2D eigenvalue weighted by Gasteiger charge is -2.07. The highest BCUT2D eigenvalue weighted by Crippen LogP contribution is 2.44. The van der Waals surface area contributed by atoms with Crippen LogP contribution in [-0.4, -0.2) is 9.13 Å². The minimum Gasteiger partial charge on any atom is -0.452 e. The van der Waals surface area contributed by atoms with Gasteiger partial charge in [-0.25, -0.2) is 0 Å². The van der Waals surface area contributed by atoms with Crippen LogP contribution < -0.4 is 0 Å². The molecule has 0 bridgehead atoms. The van der Waals surface area contributed by atoms with E-state index in [4.69, 9.17) is 17.7 Å². The molecule has 0 unspecified atom stereocenters. The Morgan fingerprint density at radius 2 is 0.515 bits per heavy atom. The number of aromatic nitrogens is 2. The normalized spacial score (nSPS) is 12.5. The van der Waals surface area contributed by atoms with E-state index in [2.05, 4.69) is 203 Å². The summed E-state index contributed by atoms with van der Waals surface area (Å²) < 4.78 is 31.2. The van der Waals surface area contributed by atoms with Gasteiger partial charge in [-0.3, -0.25) is 0 Å². The van der Waals surface area contributed by atoms with Crippen LogP contribution in [0.1, 0.15) is 0 Å². The molecule has 10 aromatic carbocycles. The SMILES string of the molecule is c1ccc2c(c1)c1ccccc1n2-c1ccc2oc3c(ccc4c5cc(-c6ccc7oc8c(ccc9c%10cc(-n%11c%12ccccc%12c%12ccccc%12%11)ccc%10oc98)c7c6)ccc5oc43)c2c1. The zero-order chi connectivity index (χ0) is 42.8. The van der Waals surface area contributed by atoms with Crippen molar-refractivity contribution in [3.05, 3.63) is 194 Å². The Morgan fingerprint density at radius 3 is 0.848 bits per heavy atom. The maximum atomic E-state index is 6.63. The van der Waals surface area contributed by atoms with Crippen molar-refractivity contribution >= 4 is 131 Å². The summed E-state index contributed by atoms with van der Waals surface area (Å²) in [5, 5.41) is 13.2. The zero-order valence-electron chi connectivity index (χ0n) is 35.0. The van der Waals surface area contributed by atoms with E-state index in [1.807, 2.05) is 0 Å². The van der Waals surface area contributed by atoms with Gasteiger partial charge in [-0.1, -0.05) is 84.9 Å². The van der Waals surface area contributed by atoms with E-state index in [1.54, 1.807) is 0 Å². The molecule has 0 amide bonds. The first-order chi connectivity index (χ1) is 32.7. The van der Waals surface area contributed by atoms with Gasteiger partial charge in [0.25, 0.3) is 0 Å². The molecule has 0 aliphatic rings. The van der Waals surface area contributed by atoms with Crippen molar-refractivity contribution in [2.24, 2.45) is 0 Å². The minimum absolute atomic E-state index is 0.752. The number of rotatable bonds is 3. The van der Waals surface area contributed by atoms with Gasteiger partial charge in [0.15, 0.2) is 22.3 Å². The Kier molecular flexibility index (Phi) is 6.47. The molecule has 0 aliphatic heterocycles. The molecule has 0 saturated heterocycles. The monoisotopic (exact) mass is 844 g/mol. The summed E-state index contributed by atoms with van der Waals surface area (Å²) in [6.45, 7) is 0. The third-order valence-corrected chi connectivity index (χ3v) is 14.1. The Labute approximate surface area is 373 Å². The maximum absolute atomic E-state index is 6.63. The number of para-hydroxylation sites is 4. The average molecular weight is 845 g/mol. The lowest BCUT2D eigenvalue weighted by atomic mass is 10.00. The summed E-state index contributed by atoms with van der Waals surface area (Å²) in [7, 11) is 0. The Bertz CT molecular complexity index is 4360. The van der Waals surface area contributed by atoms with Crippen molar-refractivity contribution < 1.29 is 17.7 Å². The van der Waals surface area contributed by atoms with Crippen molar-refractivity contribution in [3.63, 3.8) is 0 Å². The van der Waals surface area contributed by atoms with E-state index in [9.17, 15) is 0 Å². The summed E-state index contributed by atoms with van der Waals surface area (Å²) >= 11 is 0. The van der Waals surface area contributed by atoms with Crippen molar-refractivity contribution in [3.8, 4) is 22.5 Å². The van der Waals surface area contributed by atoms with Gasteiger partial charge >= 0.3 is 0 Å². The van der Waals surface area contributed by atoms with Crippen LogP contribution in [0.4, 0.5) is 0 Å². The van der Waals surface area contributed by atoms with Gasteiger partial charge < -0.3 is 26.8 Å². The number of nitrogens with zero attached hydrogens (tertiary/aromatic N) is 2. The van der Waals surface area contributed by atoms with Crippen LogP contribution in [-0.2, 0) is 0 Å². The third kappa shape index (κ3) is 4.49. The van der Waals surface area contributed by atoms with Crippen LogP contribution in [0, 0.1) is 0 Å². The largest absolute Gasteiger partial charge is 0.452 e. The molecule has 0 saturated carbocycles. The van der Waals surface area contributed by atoms with E-state index < -0.39 is 0 Å². The Balaban J connectivity index is 0.797. The maximum Gasteiger partial charge on any atom is 0.178 e. The molecule has 0 aliphatic carbocycles. The topological polar surface area (TPSA) is 62.4 Å². The van der Waals surface area contributed by atoms with Gasteiger partial charge in [-0.05, 0) is 120 Å². The average Bonchev–Trinajstić information content (AvgIpc) is 4.22. The summed E-state index contributed by atoms with van der Waals surface area (Å²) in [5.41, 5.74) is 15.4. The number of fused-ring (bicyclic) bond motifs is 20. The van der Waals surface area contributed by atoms with Crippen molar-refractivity contribution in [1.82, 2.24) is 9.13 Å². The molecule has 6 heterocycles. The van der Waals surface area contributed by atoms with E-state index in [1.165, 1.54) is 43.6 Å². The van der Waals surface area contributed by atoms with Crippen LogP contribution >= 0.6 is 0 Å². The molecule has 0 spiro atoms. The van der Waals surface area contributed by atoms with Gasteiger partial charge in [0.05, 0.1) is 22.1 Å². The zero-order valence-corrected chi connectivity index (χ0v) is 35.0. The molecule has 0 N–H and O–H groups in total. The van der Waals surface area contributed by atoms with E-state index in [-0.39, 0.29) is 0 Å². The van der Waals surface area contributed by atoms with E-state index in [0.717, 1.165) is 110 Å². The fourth-order valence-electron chi connectivity index (χ4n) is 11.2. The van der Waals surface area contributed by atoms with E-state index in [0.29, 0.717) is 0 Å². The highest BCUT2D eigenvalue weighted by molar-refractivity contribution is 6.22. The molecule has 0 radical (unpaired) electrons. The second kappa shape index (κ2) is 12.4. The second-order valence-corrected chi connectivity index (χ2v) is 17.6. The number of hydrogen-bond donors (Lipinski definition) is 0. The van der Waals surface area contributed by atoms with Gasteiger partial charge in [0, 0.05) is 76.0 Å². The lowest BCUT2D eigenvalue weighted by Crippen LogP contribution is -1.93.